The van der Waals surface area contributed by atoms with Gasteiger partial charge in [0.15, 0.2) is 0 Å². The highest BCUT2D eigenvalue weighted by atomic mass is 16.2. The number of para-hydroxylation sites is 1. The maximum absolute atomic E-state index is 14.3. The maximum atomic E-state index is 14.3. The fourth-order valence-corrected chi connectivity index (χ4v) is 11.5. The first-order valence-electron chi connectivity index (χ1n) is 15.9. The van der Waals surface area contributed by atoms with Crippen LogP contribution in [0, 0.1) is 56.7 Å². The topological polar surface area (TPSA) is 46.2 Å². The Kier molecular flexibility index (Phi) is 6.15. The van der Waals surface area contributed by atoms with Crippen LogP contribution >= 0.6 is 0 Å². The van der Waals surface area contributed by atoms with Crippen molar-refractivity contribution in [3.8, 4) is 0 Å². The van der Waals surface area contributed by atoms with Gasteiger partial charge in [-0.1, -0.05) is 78.3 Å². The Labute approximate surface area is 237 Å². The van der Waals surface area contributed by atoms with E-state index in [1.165, 1.54) is 6.42 Å². The summed E-state index contributed by atoms with van der Waals surface area (Å²) < 4.78 is 0. The van der Waals surface area contributed by atoms with Crippen LogP contribution in [0.2, 0.25) is 0 Å². The molecule has 0 unspecified atom stereocenters. The molecule has 3 nitrogen and oxygen atoms in total. The van der Waals surface area contributed by atoms with E-state index in [4.69, 9.17) is 0 Å². The molecule has 4 fully saturated rings. The van der Waals surface area contributed by atoms with Crippen LogP contribution in [0.1, 0.15) is 106 Å². The van der Waals surface area contributed by atoms with Crippen LogP contribution in [-0.2, 0) is 9.59 Å². The number of carbonyl (C=O) groups is 2. The van der Waals surface area contributed by atoms with Gasteiger partial charge in [0.05, 0.1) is 5.41 Å². The molecule has 1 aromatic carbocycles. The molecule has 1 amide bonds. The van der Waals surface area contributed by atoms with Gasteiger partial charge in [-0.3, -0.25) is 9.59 Å². The molecule has 4 saturated carbocycles. The predicted molar refractivity (Wildman–Crippen MR) is 159 cm³/mol. The zero-order valence-electron chi connectivity index (χ0n) is 25.5. The van der Waals surface area contributed by atoms with Gasteiger partial charge in [-0.2, -0.15) is 0 Å². The average molecular weight is 530 g/mol. The molecule has 5 aliphatic rings. The Hall–Kier alpha value is -1.90. The number of anilines is 1. The third-order valence-electron chi connectivity index (χ3n) is 14.2. The molecule has 39 heavy (non-hydrogen) atoms. The number of hydrogen-bond donors (Lipinski definition) is 1. The smallest absolute Gasteiger partial charge is 0.231 e. The van der Waals surface area contributed by atoms with Crippen molar-refractivity contribution >= 4 is 17.4 Å². The minimum atomic E-state index is -0.323. The molecule has 1 N–H and O–H groups in total. The van der Waals surface area contributed by atoms with E-state index >= 15 is 0 Å². The Balaban J connectivity index is 1.42. The van der Waals surface area contributed by atoms with E-state index in [2.05, 4.69) is 59.9 Å². The zero-order valence-corrected chi connectivity index (χ0v) is 25.5. The van der Waals surface area contributed by atoms with Crippen molar-refractivity contribution < 1.29 is 9.59 Å². The van der Waals surface area contributed by atoms with Gasteiger partial charge in [-0.25, -0.2) is 0 Å². The summed E-state index contributed by atoms with van der Waals surface area (Å²) in [6, 6.07) is 10.1. The van der Waals surface area contributed by atoms with Gasteiger partial charge in [0.2, 0.25) is 5.91 Å². The number of benzene rings is 1. The van der Waals surface area contributed by atoms with Crippen molar-refractivity contribution in [2.45, 2.75) is 106 Å². The second kappa shape index (κ2) is 8.80. The molecule has 0 heterocycles. The SMILES string of the molecule is C[C@H]1[C@H](C)CC[C@]2(C(=O)Nc3ccccc3)CC[C@]3(C)C(=CC[C@@H]4[C@@]5(C)CCC(=O)C(C)(C)[C@@H]5CC[C@]43C)[C@H]12. The first-order valence-corrected chi connectivity index (χ1v) is 15.9. The Morgan fingerprint density at radius 3 is 2.31 bits per heavy atom. The number of allylic oxidation sites excluding steroid dienone is 2. The van der Waals surface area contributed by atoms with Crippen LogP contribution in [-0.4, -0.2) is 11.7 Å². The molecule has 212 valence electrons. The lowest BCUT2D eigenvalue weighted by Crippen LogP contribution is -2.65. The minimum Gasteiger partial charge on any atom is -0.326 e. The zero-order chi connectivity index (χ0) is 28.0. The molecule has 9 atom stereocenters. The van der Waals surface area contributed by atoms with Crippen LogP contribution in [0.15, 0.2) is 42.0 Å². The number of hydrogen-bond acceptors (Lipinski definition) is 2. The van der Waals surface area contributed by atoms with Gasteiger partial charge in [-0.15, -0.1) is 0 Å². The summed E-state index contributed by atoms with van der Waals surface area (Å²) in [7, 11) is 0. The second-order valence-electron chi connectivity index (χ2n) is 15.8. The van der Waals surface area contributed by atoms with Crippen molar-refractivity contribution in [3.63, 3.8) is 0 Å². The van der Waals surface area contributed by atoms with E-state index in [-0.39, 0.29) is 33.0 Å². The van der Waals surface area contributed by atoms with Gasteiger partial charge in [0, 0.05) is 17.5 Å². The van der Waals surface area contributed by atoms with Gasteiger partial charge >= 0.3 is 0 Å². The number of amides is 1. The Morgan fingerprint density at radius 2 is 1.59 bits per heavy atom. The van der Waals surface area contributed by atoms with E-state index in [1.54, 1.807) is 5.57 Å². The second-order valence-corrected chi connectivity index (χ2v) is 15.8. The van der Waals surface area contributed by atoms with E-state index in [9.17, 15) is 9.59 Å². The van der Waals surface area contributed by atoms with Crippen molar-refractivity contribution in [2.24, 2.45) is 56.7 Å². The lowest BCUT2D eigenvalue weighted by molar-refractivity contribution is -0.186. The number of Topliss-reactive ketones (excluding diaryl/α,β-unsaturated/α-hetero) is 1. The summed E-state index contributed by atoms with van der Waals surface area (Å²) in [4.78, 5) is 27.3. The molecule has 3 heteroatoms. The van der Waals surface area contributed by atoms with Gasteiger partial charge < -0.3 is 5.32 Å². The van der Waals surface area contributed by atoms with Crippen molar-refractivity contribution in [3.05, 3.63) is 42.0 Å². The molecule has 5 aliphatic carbocycles. The standard InChI is InChI=1S/C36H51NO2/c1-23-15-20-36(31(39)37-25-11-9-8-10-12-25)22-21-34(6)26(30(36)24(23)2)13-14-28-33(5)18-17-29(38)32(3,4)27(33)16-19-35(28,34)7/h8-13,23-24,27-28,30H,14-22H2,1-7H3,(H,37,39)/t23-,24+,27+,28-,30+,33+,34-,35-,36+/m1/s1. The molecule has 6 rings (SSSR count). The summed E-state index contributed by atoms with van der Waals surface area (Å²) in [5, 5.41) is 3.37. The quantitative estimate of drug-likeness (QED) is 0.389. The Bertz CT molecular complexity index is 1200. The number of ketones is 1. The van der Waals surface area contributed by atoms with E-state index in [1.807, 2.05) is 30.3 Å². The minimum absolute atomic E-state index is 0.0992. The third kappa shape index (κ3) is 3.53. The lowest BCUT2D eigenvalue weighted by atomic mass is 9.33. The van der Waals surface area contributed by atoms with Crippen molar-refractivity contribution in [1.29, 1.82) is 0 Å². The van der Waals surface area contributed by atoms with Crippen LogP contribution < -0.4 is 5.32 Å². The number of rotatable bonds is 2. The highest BCUT2D eigenvalue weighted by molar-refractivity contribution is 5.96. The maximum Gasteiger partial charge on any atom is 0.231 e. The summed E-state index contributed by atoms with van der Waals surface area (Å²) in [6.45, 7) is 17.1. The van der Waals surface area contributed by atoms with E-state index < -0.39 is 0 Å². The highest BCUT2D eigenvalue weighted by Gasteiger charge is 2.69. The fourth-order valence-electron chi connectivity index (χ4n) is 11.5. The third-order valence-corrected chi connectivity index (χ3v) is 14.2. The number of fused-ring (bicyclic) bond motifs is 7. The number of carbonyl (C=O) groups excluding carboxylic acids is 2. The molecule has 0 saturated heterocycles. The van der Waals surface area contributed by atoms with Crippen LogP contribution in [0.3, 0.4) is 0 Å². The predicted octanol–water partition coefficient (Wildman–Crippen LogP) is 8.85. The molecule has 0 aromatic heterocycles. The Morgan fingerprint density at radius 1 is 0.872 bits per heavy atom. The first-order chi connectivity index (χ1) is 18.3. The lowest BCUT2D eigenvalue weighted by Gasteiger charge is -2.71. The van der Waals surface area contributed by atoms with E-state index in [0.29, 0.717) is 35.4 Å². The fraction of sp³-hybridized carbons (Fsp3) is 0.722. The highest BCUT2D eigenvalue weighted by Crippen LogP contribution is 2.75. The average Bonchev–Trinajstić information content (AvgIpc) is 2.89. The molecular weight excluding hydrogens is 478 g/mol. The van der Waals surface area contributed by atoms with Crippen molar-refractivity contribution in [2.75, 3.05) is 5.32 Å². The number of nitrogens with one attached hydrogen (secondary N) is 1. The van der Waals surface area contributed by atoms with Crippen LogP contribution in [0.4, 0.5) is 5.69 Å². The summed E-state index contributed by atoms with van der Waals surface area (Å²) in [6.07, 6.45) is 12.1. The summed E-state index contributed by atoms with van der Waals surface area (Å²) in [5.41, 5.74) is 2.48. The molecule has 0 aliphatic heterocycles. The van der Waals surface area contributed by atoms with Crippen LogP contribution in [0.25, 0.3) is 0 Å². The molecular formula is C36H51NO2. The molecule has 0 bridgehead atoms. The first kappa shape index (κ1) is 27.3. The largest absolute Gasteiger partial charge is 0.326 e. The summed E-state index contributed by atoms with van der Waals surface area (Å²) in [5.74, 6) is 3.20. The van der Waals surface area contributed by atoms with Gasteiger partial charge in [0.1, 0.15) is 5.78 Å². The van der Waals surface area contributed by atoms with E-state index in [0.717, 1.165) is 57.1 Å². The van der Waals surface area contributed by atoms with Gasteiger partial charge in [0.25, 0.3) is 0 Å². The molecule has 0 radical (unpaired) electrons. The molecule has 0 spiro atoms. The monoisotopic (exact) mass is 529 g/mol. The van der Waals surface area contributed by atoms with Crippen molar-refractivity contribution in [1.82, 2.24) is 0 Å². The van der Waals surface area contributed by atoms with Crippen LogP contribution in [0.5, 0.6) is 0 Å². The van der Waals surface area contributed by atoms with Gasteiger partial charge in [-0.05, 0) is 109 Å². The summed E-state index contributed by atoms with van der Waals surface area (Å²) >= 11 is 0. The molecule has 1 aromatic rings. The normalized spacial score (nSPS) is 46.6.